The van der Waals surface area contributed by atoms with Crippen LogP contribution in [0.2, 0.25) is 0 Å². The Kier molecular flexibility index (Phi) is 8.86. The Balaban J connectivity index is 1.04. The predicted octanol–water partition coefficient (Wildman–Crippen LogP) is 12.0. The van der Waals surface area contributed by atoms with Gasteiger partial charge in [0.2, 0.25) is 0 Å². The number of benzene rings is 5. The smallest absolute Gasteiger partial charge is 0.160 e. The van der Waals surface area contributed by atoms with E-state index in [9.17, 15) is 0 Å². The molecule has 0 unspecified atom stereocenters. The molecule has 0 amide bonds. The van der Waals surface area contributed by atoms with E-state index in [1.54, 1.807) is 6.20 Å². The van der Waals surface area contributed by atoms with E-state index in [1.165, 1.54) is 0 Å². The van der Waals surface area contributed by atoms with Crippen LogP contribution in [-0.2, 0) is 0 Å². The molecule has 9 rings (SSSR count). The van der Waals surface area contributed by atoms with Crippen LogP contribution < -0.4 is 0 Å². The molecule has 4 heterocycles. The van der Waals surface area contributed by atoms with Crippen LogP contribution in [-0.4, -0.2) is 24.9 Å². The second-order valence-electron chi connectivity index (χ2n) is 13.0. The number of aromatic nitrogens is 5. The number of hydrogen-bond acceptors (Lipinski definition) is 5. The monoisotopic (exact) mass is 691 g/mol. The van der Waals surface area contributed by atoms with Crippen LogP contribution in [0.15, 0.2) is 200 Å². The lowest BCUT2D eigenvalue weighted by atomic mass is 9.98. The molecule has 4 aromatic heterocycles. The first-order valence-corrected chi connectivity index (χ1v) is 17.9. The van der Waals surface area contributed by atoms with Gasteiger partial charge >= 0.3 is 0 Å². The van der Waals surface area contributed by atoms with Gasteiger partial charge in [0, 0.05) is 34.6 Å². The van der Waals surface area contributed by atoms with Gasteiger partial charge in [0.05, 0.1) is 34.2 Å². The van der Waals surface area contributed by atoms with Gasteiger partial charge in [-0.2, -0.15) is 0 Å². The Bertz CT molecular complexity index is 2560. The average molecular weight is 692 g/mol. The van der Waals surface area contributed by atoms with Gasteiger partial charge < -0.3 is 0 Å². The standard InChI is InChI=1S/C49H33N5/c1-4-14-34(15-5-1)42-30-47(43-24-10-11-27-50-43)52-48(31-42)44-26-25-41(33-51-44)39-22-12-20-37(28-39)38-21-13-23-40(29-38)49-53-45(35-16-6-2-7-17-35)32-46(54-49)36-18-8-3-9-19-36/h1-33H. The topological polar surface area (TPSA) is 64.5 Å². The van der Waals surface area contributed by atoms with Crippen LogP contribution in [0.5, 0.6) is 0 Å². The Labute approximate surface area is 314 Å². The molecule has 0 bridgehead atoms. The predicted molar refractivity (Wildman–Crippen MR) is 219 cm³/mol. The Morgan fingerprint density at radius 2 is 0.741 bits per heavy atom. The highest BCUT2D eigenvalue weighted by atomic mass is 14.9. The normalized spacial score (nSPS) is 11.0. The third kappa shape index (κ3) is 6.94. The van der Waals surface area contributed by atoms with Gasteiger partial charge in [0.25, 0.3) is 0 Å². The summed E-state index contributed by atoms with van der Waals surface area (Å²) in [6.07, 6.45) is 3.72. The van der Waals surface area contributed by atoms with Crippen molar-refractivity contribution < 1.29 is 0 Å². The van der Waals surface area contributed by atoms with Crippen molar-refractivity contribution >= 4 is 0 Å². The molecule has 0 fully saturated rings. The summed E-state index contributed by atoms with van der Waals surface area (Å²) in [5.74, 6) is 0.684. The molecular weight excluding hydrogens is 659 g/mol. The molecule has 5 heteroatoms. The Hall–Kier alpha value is -7.37. The van der Waals surface area contributed by atoms with Gasteiger partial charge in [-0.15, -0.1) is 0 Å². The van der Waals surface area contributed by atoms with E-state index in [1.807, 2.05) is 85.1 Å². The van der Waals surface area contributed by atoms with Gasteiger partial charge in [0.15, 0.2) is 5.82 Å². The van der Waals surface area contributed by atoms with Crippen LogP contribution in [0.3, 0.4) is 0 Å². The second kappa shape index (κ2) is 14.7. The molecule has 9 aromatic rings. The second-order valence-corrected chi connectivity index (χ2v) is 13.0. The fraction of sp³-hybridized carbons (Fsp3) is 0. The lowest BCUT2D eigenvalue weighted by Gasteiger charge is -2.11. The Morgan fingerprint density at radius 1 is 0.241 bits per heavy atom. The van der Waals surface area contributed by atoms with Crippen LogP contribution in [0.25, 0.3) is 90.1 Å². The number of hydrogen-bond donors (Lipinski definition) is 0. The maximum absolute atomic E-state index is 5.05. The first-order valence-electron chi connectivity index (χ1n) is 17.9. The third-order valence-corrected chi connectivity index (χ3v) is 9.40. The van der Waals surface area contributed by atoms with Crippen LogP contribution in [0.1, 0.15) is 0 Å². The van der Waals surface area contributed by atoms with Crippen molar-refractivity contribution in [3.05, 3.63) is 200 Å². The number of nitrogens with zero attached hydrogens (tertiary/aromatic N) is 5. The van der Waals surface area contributed by atoms with Crippen molar-refractivity contribution in [2.24, 2.45) is 0 Å². The molecule has 0 atom stereocenters. The van der Waals surface area contributed by atoms with Crippen LogP contribution in [0, 0.1) is 0 Å². The molecule has 0 aliphatic rings. The summed E-state index contributed by atoms with van der Waals surface area (Å²) >= 11 is 0. The van der Waals surface area contributed by atoms with Crippen molar-refractivity contribution in [1.29, 1.82) is 0 Å². The zero-order valence-corrected chi connectivity index (χ0v) is 29.3. The fourth-order valence-electron chi connectivity index (χ4n) is 6.63. The van der Waals surface area contributed by atoms with E-state index in [0.717, 1.165) is 84.2 Å². The zero-order valence-electron chi connectivity index (χ0n) is 29.3. The van der Waals surface area contributed by atoms with E-state index >= 15 is 0 Å². The maximum Gasteiger partial charge on any atom is 0.160 e. The lowest BCUT2D eigenvalue weighted by Crippen LogP contribution is -1.96. The Morgan fingerprint density at radius 3 is 1.30 bits per heavy atom. The molecule has 0 N–H and O–H groups in total. The first kappa shape index (κ1) is 32.5. The summed E-state index contributed by atoms with van der Waals surface area (Å²) in [7, 11) is 0. The summed E-state index contributed by atoms with van der Waals surface area (Å²) in [4.78, 5) is 24.6. The highest BCUT2D eigenvalue weighted by Gasteiger charge is 2.14. The van der Waals surface area contributed by atoms with Crippen LogP contribution >= 0.6 is 0 Å². The van der Waals surface area contributed by atoms with Crippen molar-refractivity contribution in [3.8, 4) is 90.1 Å². The average Bonchev–Trinajstić information content (AvgIpc) is 3.27. The molecule has 254 valence electrons. The third-order valence-electron chi connectivity index (χ3n) is 9.40. The van der Waals surface area contributed by atoms with E-state index in [0.29, 0.717) is 5.82 Å². The molecule has 54 heavy (non-hydrogen) atoms. The molecule has 0 aliphatic carbocycles. The lowest BCUT2D eigenvalue weighted by molar-refractivity contribution is 1.18. The molecule has 0 radical (unpaired) electrons. The van der Waals surface area contributed by atoms with Crippen molar-refractivity contribution in [2.75, 3.05) is 0 Å². The van der Waals surface area contributed by atoms with E-state index in [2.05, 4.69) is 114 Å². The summed E-state index contributed by atoms with van der Waals surface area (Å²) < 4.78 is 0. The molecule has 5 aromatic carbocycles. The fourth-order valence-corrected chi connectivity index (χ4v) is 6.63. The largest absolute Gasteiger partial charge is 0.255 e. The molecule has 0 spiro atoms. The molecule has 0 saturated heterocycles. The SMILES string of the molecule is c1ccc(-c2cc(-c3ccccn3)nc(-c3ccc(-c4cccc(-c5cccc(-c6nc(-c7ccccc7)cc(-c7ccccc7)n6)c5)c4)cn3)c2)cc1. The summed E-state index contributed by atoms with van der Waals surface area (Å²) in [5, 5.41) is 0. The number of rotatable bonds is 8. The zero-order chi connectivity index (χ0) is 36.1. The van der Waals surface area contributed by atoms with Gasteiger partial charge in [-0.3, -0.25) is 9.97 Å². The molecular formula is C49H33N5. The highest BCUT2D eigenvalue weighted by molar-refractivity contribution is 5.79. The minimum Gasteiger partial charge on any atom is -0.255 e. The number of pyridine rings is 3. The summed E-state index contributed by atoms with van der Waals surface area (Å²) in [5.41, 5.74) is 14.5. The minimum absolute atomic E-state index is 0.684. The molecule has 0 saturated carbocycles. The van der Waals surface area contributed by atoms with Gasteiger partial charge in [-0.05, 0) is 76.3 Å². The van der Waals surface area contributed by atoms with Crippen LogP contribution in [0.4, 0.5) is 0 Å². The van der Waals surface area contributed by atoms with Gasteiger partial charge in [0.1, 0.15) is 0 Å². The highest BCUT2D eigenvalue weighted by Crippen LogP contribution is 2.33. The quantitative estimate of drug-likeness (QED) is 0.159. The first-order chi connectivity index (χ1) is 26.7. The minimum atomic E-state index is 0.684. The van der Waals surface area contributed by atoms with Crippen molar-refractivity contribution in [3.63, 3.8) is 0 Å². The van der Waals surface area contributed by atoms with E-state index in [-0.39, 0.29) is 0 Å². The molecule has 5 nitrogen and oxygen atoms in total. The summed E-state index contributed by atoms with van der Waals surface area (Å²) in [6.45, 7) is 0. The van der Waals surface area contributed by atoms with Gasteiger partial charge in [-0.1, -0.05) is 140 Å². The van der Waals surface area contributed by atoms with Crippen molar-refractivity contribution in [1.82, 2.24) is 24.9 Å². The van der Waals surface area contributed by atoms with E-state index in [4.69, 9.17) is 19.9 Å². The van der Waals surface area contributed by atoms with Crippen molar-refractivity contribution in [2.45, 2.75) is 0 Å². The van der Waals surface area contributed by atoms with E-state index < -0.39 is 0 Å². The van der Waals surface area contributed by atoms with Gasteiger partial charge in [-0.25, -0.2) is 15.0 Å². The molecule has 0 aliphatic heterocycles. The maximum atomic E-state index is 5.05. The summed E-state index contributed by atoms with van der Waals surface area (Å²) in [6, 6.07) is 64.2.